The maximum absolute atomic E-state index is 14.5. The maximum atomic E-state index is 14.5. The molecule has 0 unspecified atom stereocenters. The van der Waals surface area contributed by atoms with Crippen molar-refractivity contribution in [3.63, 3.8) is 0 Å². The minimum absolute atomic E-state index is 0.0313. The lowest BCUT2D eigenvalue weighted by atomic mass is 9.99. The summed E-state index contributed by atoms with van der Waals surface area (Å²) in [5, 5.41) is 8.87. The Bertz CT molecular complexity index is 1780. The zero-order chi connectivity index (χ0) is 39.2. The summed E-state index contributed by atoms with van der Waals surface area (Å²) in [4.78, 5) is 102. The van der Waals surface area contributed by atoms with E-state index >= 15 is 0 Å². The van der Waals surface area contributed by atoms with Crippen molar-refractivity contribution in [2.45, 2.75) is 101 Å². The lowest BCUT2D eigenvalue weighted by Crippen LogP contribution is -2.62. The molecule has 14 nitrogen and oxygen atoms in total. The SMILES string of the molecule is C[C@H]1C[C@H]2C(=O)OC[C@H](NC(=O)[C@H](Cc3ccccc3)NC(=O)Cc3ccc(Cl)cc3)C(=O)N3CCC[C@H]3C(=O)N3CCCC[C@H]3C(=O)N[C@@H](C)C(=O)N2C1. The van der Waals surface area contributed by atoms with Gasteiger partial charge in [-0.2, -0.15) is 0 Å². The molecule has 0 bridgehead atoms. The van der Waals surface area contributed by atoms with E-state index in [-0.39, 0.29) is 37.8 Å². The fourth-order valence-electron chi connectivity index (χ4n) is 8.08. The number of hydrogen-bond donors (Lipinski definition) is 3. The highest BCUT2D eigenvalue weighted by Crippen LogP contribution is 2.28. The van der Waals surface area contributed by atoms with Gasteiger partial charge in [-0.1, -0.05) is 61.0 Å². The van der Waals surface area contributed by atoms with Crippen LogP contribution in [0.1, 0.15) is 63.5 Å². The first-order valence-corrected chi connectivity index (χ1v) is 19.5. The number of halogens is 1. The average molecular weight is 777 g/mol. The molecule has 0 radical (unpaired) electrons. The van der Waals surface area contributed by atoms with Crippen molar-refractivity contribution in [2.75, 3.05) is 26.2 Å². The van der Waals surface area contributed by atoms with E-state index in [9.17, 15) is 33.6 Å². The Morgan fingerprint density at radius 3 is 2.25 bits per heavy atom. The van der Waals surface area contributed by atoms with Crippen LogP contribution in [-0.2, 0) is 51.1 Å². The molecule has 4 fully saturated rings. The lowest BCUT2D eigenvalue weighted by Gasteiger charge is -2.39. The summed E-state index contributed by atoms with van der Waals surface area (Å²) in [6.07, 6.45) is 3.02. The molecule has 3 N–H and O–H groups in total. The number of carbonyl (C=O) groups excluding carboxylic acids is 7. The highest BCUT2D eigenvalue weighted by Gasteiger charge is 2.46. The Labute approximate surface area is 325 Å². The van der Waals surface area contributed by atoms with Crippen molar-refractivity contribution < 1.29 is 38.3 Å². The number of carbonyl (C=O) groups is 7. The molecule has 15 heteroatoms. The number of piperidine rings is 1. The van der Waals surface area contributed by atoms with Crippen LogP contribution in [0.4, 0.5) is 0 Å². The number of hydrogen-bond acceptors (Lipinski definition) is 8. The molecule has 7 atom stereocenters. The predicted octanol–water partition coefficient (Wildman–Crippen LogP) is 1.77. The third-order valence-electron chi connectivity index (χ3n) is 10.9. The van der Waals surface area contributed by atoms with E-state index < -0.39 is 78.4 Å². The minimum Gasteiger partial charge on any atom is -0.461 e. The number of nitrogens with zero attached hydrogens (tertiary/aromatic N) is 3. The number of rotatable bonds is 7. The van der Waals surface area contributed by atoms with Crippen molar-refractivity contribution in [1.29, 1.82) is 0 Å². The molecule has 4 saturated heterocycles. The van der Waals surface area contributed by atoms with Gasteiger partial charge in [0, 0.05) is 31.1 Å². The third-order valence-corrected chi connectivity index (χ3v) is 11.2. The number of esters is 1. The van der Waals surface area contributed by atoms with Crippen LogP contribution in [0.3, 0.4) is 0 Å². The van der Waals surface area contributed by atoms with Crippen LogP contribution in [-0.4, -0.2) is 119 Å². The van der Waals surface area contributed by atoms with Crippen LogP contribution in [0.25, 0.3) is 0 Å². The van der Waals surface area contributed by atoms with Crippen molar-refractivity contribution in [3.05, 3.63) is 70.7 Å². The van der Waals surface area contributed by atoms with Crippen LogP contribution in [0.2, 0.25) is 5.02 Å². The van der Waals surface area contributed by atoms with Crippen molar-refractivity contribution in [2.24, 2.45) is 5.92 Å². The zero-order valence-electron chi connectivity index (χ0n) is 31.2. The Morgan fingerprint density at radius 2 is 1.51 bits per heavy atom. The van der Waals surface area contributed by atoms with Crippen molar-refractivity contribution in [3.8, 4) is 0 Å². The molecule has 2 aromatic carbocycles. The van der Waals surface area contributed by atoms with Crippen molar-refractivity contribution in [1.82, 2.24) is 30.7 Å². The van der Waals surface area contributed by atoms with E-state index in [0.29, 0.717) is 55.7 Å². The van der Waals surface area contributed by atoms with Gasteiger partial charge in [-0.3, -0.25) is 28.8 Å². The average Bonchev–Trinajstić information content (AvgIpc) is 3.83. The molecule has 0 saturated carbocycles. The van der Waals surface area contributed by atoms with Gasteiger partial charge >= 0.3 is 5.97 Å². The number of fused-ring (bicyclic) bond motifs is 3. The number of cyclic esters (lactones) is 1. The summed E-state index contributed by atoms with van der Waals surface area (Å²) in [7, 11) is 0. The molecule has 6 rings (SSSR count). The molecule has 4 aliphatic rings. The first kappa shape index (κ1) is 39.7. The van der Waals surface area contributed by atoms with Gasteiger partial charge in [-0.05, 0) is 74.6 Å². The second-order valence-electron chi connectivity index (χ2n) is 15.1. The lowest BCUT2D eigenvalue weighted by molar-refractivity contribution is -0.158. The molecule has 6 amide bonds. The highest BCUT2D eigenvalue weighted by atomic mass is 35.5. The van der Waals surface area contributed by atoms with E-state index in [1.54, 1.807) is 31.2 Å². The van der Waals surface area contributed by atoms with Crippen LogP contribution in [0, 0.1) is 5.92 Å². The Hall–Kier alpha value is -4.98. The smallest absolute Gasteiger partial charge is 0.328 e. The maximum Gasteiger partial charge on any atom is 0.328 e. The van der Waals surface area contributed by atoms with Gasteiger partial charge in [0.2, 0.25) is 35.4 Å². The molecular formula is C40H49ClN6O8. The normalized spacial score (nSPS) is 27.0. The fourth-order valence-corrected chi connectivity index (χ4v) is 8.21. The number of amides is 6. The Balaban J connectivity index is 1.29. The van der Waals surface area contributed by atoms with Crippen LogP contribution in [0.15, 0.2) is 54.6 Å². The van der Waals surface area contributed by atoms with E-state index in [1.807, 2.05) is 37.3 Å². The van der Waals surface area contributed by atoms with Gasteiger partial charge < -0.3 is 35.4 Å². The molecule has 2 aromatic rings. The fraction of sp³-hybridized carbons (Fsp3) is 0.525. The molecular weight excluding hydrogens is 728 g/mol. The van der Waals surface area contributed by atoms with Gasteiger partial charge in [-0.15, -0.1) is 0 Å². The first-order chi connectivity index (χ1) is 26.4. The minimum atomic E-state index is -1.42. The summed E-state index contributed by atoms with van der Waals surface area (Å²) in [6, 6.07) is 9.63. The predicted molar refractivity (Wildman–Crippen MR) is 201 cm³/mol. The van der Waals surface area contributed by atoms with Gasteiger partial charge in [0.05, 0.1) is 6.42 Å². The summed E-state index contributed by atoms with van der Waals surface area (Å²) in [5.74, 6) is -3.85. The van der Waals surface area contributed by atoms with Crippen LogP contribution in [0.5, 0.6) is 0 Å². The van der Waals surface area contributed by atoms with Gasteiger partial charge in [-0.25, -0.2) is 4.79 Å². The van der Waals surface area contributed by atoms with Crippen LogP contribution < -0.4 is 16.0 Å². The number of benzene rings is 2. The zero-order valence-corrected chi connectivity index (χ0v) is 32.0. The van der Waals surface area contributed by atoms with Crippen molar-refractivity contribution >= 4 is 53.0 Å². The standard InChI is InChI=1S/C40H49ClN6O8/c1-24-19-33-40(54)55-23-30(44-35(49)29(20-26-9-4-3-5-10-26)43-34(48)21-27-13-15-28(41)16-14-27)38(52)46-18-8-12-32(46)39(53)45-17-7-6-11-31(45)36(50)42-25(2)37(51)47(33)22-24/h3-5,9-10,13-16,24-25,29-33H,6-8,11-12,17-23H2,1-2H3,(H,42,50)(H,43,48)(H,44,49)/t24-,25-,29-,30-,31-,32-,33-/m0/s1. The quantitative estimate of drug-likeness (QED) is 0.357. The molecule has 0 aromatic heterocycles. The largest absolute Gasteiger partial charge is 0.461 e. The van der Waals surface area contributed by atoms with Gasteiger partial charge in [0.1, 0.15) is 42.9 Å². The summed E-state index contributed by atoms with van der Waals surface area (Å²) >= 11 is 6.02. The Morgan fingerprint density at radius 1 is 0.818 bits per heavy atom. The second-order valence-corrected chi connectivity index (χ2v) is 15.6. The molecule has 55 heavy (non-hydrogen) atoms. The number of ether oxygens (including phenoxy) is 1. The second kappa shape index (κ2) is 17.7. The molecule has 294 valence electrons. The van der Waals surface area contributed by atoms with E-state index in [0.717, 1.165) is 5.56 Å². The summed E-state index contributed by atoms with van der Waals surface area (Å²) in [5.41, 5.74) is 1.44. The van der Waals surface area contributed by atoms with E-state index in [2.05, 4.69) is 16.0 Å². The van der Waals surface area contributed by atoms with Gasteiger partial charge in [0.25, 0.3) is 0 Å². The monoisotopic (exact) mass is 776 g/mol. The Kier molecular flexibility index (Phi) is 12.7. The molecule has 0 spiro atoms. The third kappa shape index (κ3) is 9.46. The highest BCUT2D eigenvalue weighted by molar-refractivity contribution is 6.30. The van der Waals surface area contributed by atoms with E-state index in [1.165, 1.54) is 14.7 Å². The summed E-state index contributed by atoms with van der Waals surface area (Å²) in [6.45, 7) is 3.69. The summed E-state index contributed by atoms with van der Waals surface area (Å²) < 4.78 is 5.75. The topological polar surface area (TPSA) is 175 Å². The molecule has 4 heterocycles. The molecule has 4 aliphatic heterocycles. The first-order valence-electron chi connectivity index (χ1n) is 19.2. The van der Waals surface area contributed by atoms with E-state index in [4.69, 9.17) is 16.3 Å². The van der Waals surface area contributed by atoms with Gasteiger partial charge in [0.15, 0.2) is 0 Å². The molecule has 0 aliphatic carbocycles. The number of nitrogens with one attached hydrogen (secondary N) is 3. The van der Waals surface area contributed by atoms with Crippen LogP contribution >= 0.6 is 11.6 Å².